The second-order valence-corrected chi connectivity index (χ2v) is 6.52. The molecule has 2 aromatic rings. The summed E-state index contributed by atoms with van der Waals surface area (Å²) in [6, 6.07) is 8.78. The molecule has 0 aromatic heterocycles. The lowest BCUT2D eigenvalue weighted by atomic mass is 10.2. The minimum Gasteiger partial charge on any atom is -0.392 e. The van der Waals surface area contributed by atoms with Crippen LogP contribution in [-0.2, 0) is 16.6 Å². The van der Waals surface area contributed by atoms with Crippen molar-refractivity contribution in [3.63, 3.8) is 0 Å². The molecular formula is C14H13ClFNO3S. The first-order chi connectivity index (χ1) is 9.85. The number of nitrogens with one attached hydrogen (secondary N) is 1. The van der Waals surface area contributed by atoms with Crippen molar-refractivity contribution in [1.82, 2.24) is 0 Å². The maximum absolute atomic E-state index is 13.6. The smallest absolute Gasteiger partial charge is 0.262 e. The summed E-state index contributed by atoms with van der Waals surface area (Å²) in [6.45, 7) is 1.20. The highest BCUT2D eigenvalue weighted by atomic mass is 35.5. The molecule has 0 spiro atoms. The molecule has 2 aromatic carbocycles. The molecule has 2 rings (SSSR count). The van der Waals surface area contributed by atoms with Gasteiger partial charge in [-0.05, 0) is 30.7 Å². The van der Waals surface area contributed by atoms with Crippen LogP contribution in [0.4, 0.5) is 10.1 Å². The van der Waals surface area contributed by atoms with Crippen LogP contribution < -0.4 is 4.72 Å². The molecule has 2 N–H and O–H groups in total. The molecule has 0 aliphatic rings. The third kappa shape index (κ3) is 3.34. The molecule has 7 heteroatoms. The third-order valence-electron chi connectivity index (χ3n) is 2.95. The Bertz CT molecular complexity index is 778. The van der Waals surface area contributed by atoms with Crippen molar-refractivity contribution in [3.05, 3.63) is 58.4 Å². The zero-order valence-corrected chi connectivity index (χ0v) is 12.7. The predicted molar refractivity (Wildman–Crippen MR) is 79.3 cm³/mol. The first-order valence-electron chi connectivity index (χ1n) is 6.02. The van der Waals surface area contributed by atoms with E-state index in [4.69, 9.17) is 16.7 Å². The number of sulfonamides is 1. The van der Waals surface area contributed by atoms with Gasteiger partial charge in [0.2, 0.25) is 0 Å². The Morgan fingerprint density at radius 1 is 1.29 bits per heavy atom. The Labute approximate surface area is 127 Å². The fourth-order valence-electron chi connectivity index (χ4n) is 1.78. The first kappa shape index (κ1) is 15.8. The topological polar surface area (TPSA) is 66.4 Å². The van der Waals surface area contributed by atoms with Crippen LogP contribution in [0.15, 0.2) is 41.3 Å². The molecule has 0 unspecified atom stereocenters. The summed E-state index contributed by atoms with van der Waals surface area (Å²) in [4.78, 5) is -0.295. The summed E-state index contributed by atoms with van der Waals surface area (Å²) in [5.74, 6) is -0.895. The molecule has 0 saturated heterocycles. The number of hydrogen-bond donors (Lipinski definition) is 2. The molecule has 21 heavy (non-hydrogen) atoms. The van der Waals surface area contributed by atoms with Crippen LogP contribution in [0.25, 0.3) is 0 Å². The Hall–Kier alpha value is -1.63. The Morgan fingerprint density at radius 3 is 2.57 bits per heavy atom. The molecule has 0 heterocycles. The average molecular weight is 330 g/mol. The molecule has 0 aliphatic carbocycles. The Balaban J connectivity index is 2.45. The maximum atomic E-state index is 13.6. The largest absolute Gasteiger partial charge is 0.392 e. The van der Waals surface area contributed by atoms with Gasteiger partial charge in [-0.15, -0.1) is 0 Å². The lowest BCUT2D eigenvalue weighted by Gasteiger charge is -2.12. The second kappa shape index (κ2) is 6.01. The SMILES string of the molecule is Cc1ccccc1NS(=O)(=O)c1cc(F)c(Cl)c(CO)c1. The van der Waals surface area contributed by atoms with E-state index in [1.807, 2.05) is 0 Å². The lowest BCUT2D eigenvalue weighted by molar-refractivity contribution is 0.281. The highest BCUT2D eigenvalue weighted by molar-refractivity contribution is 7.92. The monoisotopic (exact) mass is 329 g/mol. The number of anilines is 1. The zero-order chi connectivity index (χ0) is 15.6. The minimum absolute atomic E-state index is 0.0156. The molecule has 0 bridgehead atoms. The summed E-state index contributed by atoms with van der Waals surface area (Å²) in [5.41, 5.74) is 1.15. The highest BCUT2D eigenvalue weighted by Crippen LogP contribution is 2.26. The van der Waals surface area contributed by atoms with Crippen molar-refractivity contribution < 1.29 is 17.9 Å². The summed E-state index contributed by atoms with van der Waals surface area (Å²) >= 11 is 5.65. The van der Waals surface area contributed by atoms with Crippen LogP contribution in [-0.4, -0.2) is 13.5 Å². The van der Waals surface area contributed by atoms with E-state index in [1.54, 1.807) is 31.2 Å². The number of para-hydroxylation sites is 1. The molecule has 0 amide bonds. The van der Waals surface area contributed by atoms with E-state index >= 15 is 0 Å². The molecule has 0 aliphatic heterocycles. The van der Waals surface area contributed by atoms with Gasteiger partial charge in [0.15, 0.2) is 0 Å². The van der Waals surface area contributed by atoms with Crippen LogP contribution in [0.1, 0.15) is 11.1 Å². The van der Waals surface area contributed by atoms with Gasteiger partial charge in [-0.25, -0.2) is 12.8 Å². The van der Waals surface area contributed by atoms with Crippen LogP contribution in [0, 0.1) is 12.7 Å². The summed E-state index contributed by atoms with van der Waals surface area (Å²) < 4.78 is 40.6. The van der Waals surface area contributed by atoms with E-state index < -0.39 is 22.4 Å². The molecule has 4 nitrogen and oxygen atoms in total. The molecule has 0 saturated carbocycles. The van der Waals surface area contributed by atoms with Crippen molar-refractivity contribution in [2.75, 3.05) is 4.72 Å². The van der Waals surface area contributed by atoms with Crippen LogP contribution in [0.2, 0.25) is 5.02 Å². The number of halogens is 2. The van der Waals surface area contributed by atoms with E-state index in [9.17, 15) is 12.8 Å². The van der Waals surface area contributed by atoms with E-state index in [0.717, 1.165) is 17.7 Å². The average Bonchev–Trinajstić information content (AvgIpc) is 2.44. The molecule has 0 atom stereocenters. The van der Waals surface area contributed by atoms with E-state index in [2.05, 4.69) is 4.72 Å². The minimum atomic E-state index is -3.97. The quantitative estimate of drug-likeness (QED) is 0.906. The number of aliphatic hydroxyl groups excluding tert-OH is 1. The number of hydrogen-bond acceptors (Lipinski definition) is 3. The van der Waals surface area contributed by atoms with Crippen molar-refractivity contribution in [2.45, 2.75) is 18.4 Å². The van der Waals surface area contributed by atoms with E-state index in [1.165, 1.54) is 0 Å². The second-order valence-electron chi connectivity index (χ2n) is 4.46. The Kier molecular flexibility index (Phi) is 4.51. The number of aryl methyl sites for hydroxylation is 1. The van der Waals surface area contributed by atoms with E-state index in [0.29, 0.717) is 5.69 Å². The van der Waals surface area contributed by atoms with Gasteiger partial charge in [0.25, 0.3) is 10.0 Å². The summed E-state index contributed by atoms with van der Waals surface area (Å²) in [5, 5.41) is 8.82. The van der Waals surface area contributed by atoms with Crippen LogP contribution >= 0.6 is 11.6 Å². The zero-order valence-electron chi connectivity index (χ0n) is 11.1. The van der Waals surface area contributed by atoms with Gasteiger partial charge < -0.3 is 5.11 Å². The highest BCUT2D eigenvalue weighted by Gasteiger charge is 2.19. The maximum Gasteiger partial charge on any atom is 0.262 e. The summed E-state index contributed by atoms with van der Waals surface area (Å²) in [6.07, 6.45) is 0. The van der Waals surface area contributed by atoms with Crippen LogP contribution in [0.3, 0.4) is 0 Å². The number of aliphatic hydroxyl groups is 1. The fourth-order valence-corrected chi connectivity index (χ4v) is 3.14. The fraction of sp³-hybridized carbons (Fsp3) is 0.143. The van der Waals surface area contributed by atoms with Crippen molar-refractivity contribution in [3.8, 4) is 0 Å². The van der Waals surface area contributed by atoms with Gasteiger partial charge in [0.1, 0.15) is 5.82 Å². The van der Waals surface area contributed by atoms with Gasteiger partial charge in [-0.1, -0.05) is 29.8 Å². The van der Waals surface area contributed by atoms with Crippen molar-refractivity contribution in [1.29, 1.82) is 0 Å². The van der Waals surface area contributed by atoms with E-state index in [-0.39, 0.29) is 15.5 Å². The molecule has 0 fully saturated rings. The number of benzene rings is 2. The molecular weight excluding hydrogens is 317 g/mol. The van der Waals surface area contributed by atoms with Crippen LogP contribution in [0.5, 0.6) is 0 Å². The Morgan fingerprint density at radius 2 is 1.95 bits per heavy atom. The van der Waals surface area contributed by atoms with Gasteiger partial charge in [-0.3, -0.25) is 4.72 Å². The molecule has 112 valence electrons. The van der Waals surface area contributed by atoms with Gasteiger partial charge >= 0.3 is 0 Å². The summed E-state index contributed by atoms with van der Waals surface area (Å²) in [7, 11) is -3.97. The third-order valence-corrected chi connectivity index (χ3v) is 4.72. The van der Waals surface area contributed by atoms with Crippen molar-refractivity contribution in [2.24, 2.45) is 0 Å². The van der Waals surface area contributed by atoms with Gasteiger partial charge in [0.05, 0.1) is 22.2 Å². The van der Waals surface area contributed by atoms with Gasteiger partial charge in [-0.2, -0.15) is 0 Å². The van der Waals surface area contributed by atoms with Crippen molar-refractivity contribution >= 4 is 27.3 Å². The normalized spacial score (nSPS) is 11.4. The first-order valence-corrected chi connectivity index (χ1v) is 7.88. The standard InChI is InChI=1S/C14H13ClFNO3S/c1-9-4-2-3-5-13(9)17-21(19,20)11-6-10(8-18)14(15)12(16)7-11/h2-7,17-18H,8H2,1H3. The predicted octanol–water partition coefficient (Wildman–Crippen LogP) is 3.08. The lowest BCUT2D eigenvalue weighted by Crippen LogP contribution is -2.14. The van der Waals surface area contributed by atoms with Gasteiger partial charge in [0, 0.05) is 5.56 Å². The number of rotatable bonds is 4. The molecule has 0 radical (unpaired) electrons.